The molecule has 1 atom stereocenters. The van der Waals surface area contributed by atoms with E-state index in [4.69, 9.17) is 4.74 Å². The molecule has 0 saturated carbocycles. The molecule has 0 bridgehead atoms. The van der Waals surface area contributed by atoms with Crippen LogP contribution in [0.15, 0.2) is 22.4 Å². The van der Waals surface area contributed by atoms with Crippen LogP contribution in [0, 0.1) is 0 Å². The van der Waals surface area contributed by atoms with Gasteiger partial charge in [-0.05, 0) is 12.8 Å². The lowest BCUT2D eigenvalue weighted by molar-refractivity contribution is 0.108. The molecule has 1 saturated heterocycles. The van der Waals surface area contributed by atoms with Crippen LogP contribution in [0.25, 0.3) is 0 Å². The number of fused-ring (bicyclic) bond motifs is 1. The predicted molar refractivity (Wildman–Crippen MR) is 84.3 cm³/mol. The third-order valence-corrected chi connectivity index (χ3v) is 5.14. The summed E-state index contributed by atoms with van der Waals surface area (Å²) in [6.07, 6.45) is 4.83. The molecule has 2 aromatic rings. The standard InChI is InChI=1S/C15H18N4O2S/c20-14-8-11-10-21-6-3-13(11)17-19(14)9-12-2-1-5-18(12)15-16-4-7-22-15/h4,7-8,12H,1-3,5-6,9-10H2. The fraction of sp³-hybridized carbons (Fsp3) is 0.533. The van der Waals surface area contributed by atoms with E-state index in [9.17, 15) is 4.79 Å². The first-order valence-corrected chi connectivity index (χ1v) is 8.53. The van der Waals surface area contributed by atoms with Crippen LogP contribution in [-0.4, -0.2) is 34.0 Å². The van der Waals surface area contributed by atoms with E-state index in [1.165, 1.54) is 0 Å². The zero-order valence-electron chi connectivity index (χ0n) is 12.3. The predicted octanol–water partition coefficient (Wildman–Crippen LogP) is 1.44. The van der Waals surface area contributed by atoms with Crippen LogP contribution in [0.1, 0.15) is 24.1 Å². The van der Waals surface area contributed by atoms with E-state index in [0.717, 1.165) is 42.2 Å². The zero-order valence-corrected chi connectivity index (χ0v) is 13.1. The van der Waals surface area contributed by atoms with Crippen molar-refractivity contribution in [2.75, 3.05) is 18.1 Å². The molecule has 2 aliphatic rings. The average molecular weight is 318 g/mol. The average Bonchev–Trinajstić information content (AvgIpc) is 3.18. The van der Waals surface area contributed by atoms with Gasteiger partial charge in [-0.3, -0.25) is 4.79 Å². The fourth-order valence-corrected chi connectivity index (χ4v) is 3.96. The Labute approximate surface area is 132 Å². The maximum Gasteiger partial charge on any atom is 0.267 e. The van der Waals surface area contributed by atoms with Crippen molar-refractivity contribution in [3.05, 3.63) is 39.3 Å². The van der Waals surface area contributed by atoms with E-state index in [1.807, 2.05) is 11.6 Å². The molecule has 4 heterocycles. The van der Waals surface area contributed by atoms with Gasteiger partial charge < -0.3 is 9.64 Å². The normalized spacial score (nSPS) is 21.1. The molecule has 1 fully saturated rings. The first kappa shape index (κ1) is 13.9. The van der Waals surface area contributed by atoms with Crippen LogP contribution in [-0.2, 0) is 24.3 Å². The van der Waals surface area contributed by atoms with Crippen molar-refractivity contribution in [2.45, 2.75) is 38.5 Å². The summed E-state index contributed by atoms with van der Waals surface area (Å²) in [5.41, 5.74) is 1.91. The lowest BCUT2D eigenvalue weighted by atomic mass is 10.1. The van der Waals surface area contributed by atoms with Crippen LogP contribution in [0.4, 0.5) is 5.13 Å². The highest BCUT2D eigenvalue weighted by Crippen LogP contribution is 2.27. The van der Waals surface area contributed by atoms with Gasteiger partial charge in [0.1, 0.15) is 0 Å². The molecule has 116 valence electrons. The third kappa shape index (κ3) is 2.55. The molecule has 0 aromatic carbocycles. The monoisotopic (exact) mass is 318 g/mol. The van der Waals surface area contributed by atoms with Crippen molar-refractivity contribution >= 4 is 16.5 Å². The summed E-state index contributed by atoms with van der Waals surface area (Å²) in [7, 11) is 0. The second-order valence-corrected chi connectivity index (χ2v) is 6.62. The Morgan fingerprint density at radius 3 is 3.27 bits per heavy atom. The van der Waals surface area contributed by atoms with Crippen molar-refractivity contribution in [1.29, 1.82) is 0 Å². The van der Waals surface area contributed by atoms with Crippen LogP contribution < -0.4 is 10.5 Å². The molecule has 2 aliphatic heterocycles. The van der Waals surface area contributed by atoms with Crippen molar-refractivity contribution in [1.82, 2.24) is 14.8 Å². The van der Waals surface area contributed by atoms with Gasteiger partial charge in [0.25, 0.3) is 5.56 Å². The Morgan fingerprint density at radius 2 is 2.41 bits per heavy atom. The van der Waals surface area contributed by atoms with Gasteiger partial charge in [-0.1, -0.05) is 0 Å². The highest BCUT2D eigenvalue weighted by atomic mass is 32.1. The van der Waals surface area contributed by atoms with E-state index < -0.39 is 0 Å². The van der Waals surface area contributed by atoms with Crippen LogP contribution >= 0.6 is 11.3 Å². The van der Waals surface area contributed by atoms with E-state index >= 15 is 0 Å². The maximum atomic E-state index is 12.3. The highest BCUT2D eigenvalue weighted by Gasteiger charge is 2.27. The molecular formula is C15H18N4O2S. The summed E-state index contributed by atoms with van der Waals surface area (Å²) in [6, 6.07) is 1.98. The van der Waals surface area contributed by atoms with Crippen molar-refractivity contribution in [2.24, 2.45) is 0 Å². The fourth-order valence-electron chi connectivity index (χ4n) is 3.22. The van der Waals surface area contributed by atoms with E-state index in [-0.39, 0.29) is 5.56 Å². The summed E-state index contributed by atoms with van der Waals surface area (Å²) in [4.78, 5) is 19.0. The Hall–Kier alpha value is -1.73. The lowest BCUT2D eigenvalue weighted by Crippen LogP contribution is -2.38. The Bertz CT molecular complexity index is 713. The molecule has 6 nitrogen and oxygen atoms in total. The quantitative estimate of drug-likeness (QED) is 0.857. The molecule has 4 rings (SSSR count). The molecule has 2 aromatic heterocycles. The van der Waals surface area contributed by atoms with Gasteiger partial charge in [0, 0.05) is 36.2 Å². The SMILES string of the molecule is O=c1cc2c(nn1CC1CCCN1c1nccs1)CCOC2. The van der Waals surface area contributed by atoms with Gasteiger partial charge in [0.2, 0.25) is 0 Å². The second kappa shape index (κ2) is 5.81. The van der Waals surface area contributed by atoms with Gasteiger partial charge in [-0.15, -0.1) is 11.3 Å². The summed E-state index contributed by atoms with van der Waals surface area (Å²) < 4.78 is 7.01. The van der Waals surface area contributed by atoms with Crippen LogP contribution in [0.5, 0.6) is 0 Å². The lowest BCUT2D eigenvalue weighted by Gasteiger charge is -2.25. The number of hydrogen-bond acceptors (Lipinski definition) is 6. The van der Waals surface area contributed by atoms with Crippen LogP contribution in [0.3, 0.4) is 0 Å². The Balaban J connectivity index is 1.59. The molecule has 0 aliphatic carbocycles. The molecule has 0 amide bonds. The molecule has 0 radical (unpaired) electrons. The topological polar surface area (TPSA) is 60.2 Å². The van der Waals surface area contributed by atoms with E-state index in [0.29, 0.717) is 25.8 Å². The molecule has 22 heavy (non-hydrogen) atoms. The summed E-state index contributed by atoms with van der Waals surface area (Å²) >= 11 is 1.65. The Kier molecular flexibility index (Phi) is 3.67. The van der Waals surface area contributed by atoms with Gasteiger partial charge in [0.05, 0.1) is 31.5 Å². The minimum Gasteiger partial charge on any atom is -0.376 e. The number of nitrogens with zero attached hydrogens (tertiary/aromatic N) is 4. The molecule has 0 spiro atoms. The third-order valence-electron chi connectivity index (χ3n) is 4.33. The zero-order chi connectivity index (χ0) is 14.9. The number of rotatable bonds is 3. The first-order chi connectivity index (χ1) is 10.8. The summed E-state index contributed by atoms with van der Waals surface area (Å²) in [5, 5.41) is 7.61. The first-order valence-electron chi connectivity index (χ1n) is 7.65. The van der Waals surface area contributed by atoms with E-state index in [2.05, 4.69) is 15.0 Å². The van der Waals surface area contributed by atoms with E-state index in [1.54, 1.807) is 22.1 Å². The number of hydrogen-bond donors (Lipinski definition) is 0. The van der Waals surface area contributed by atoms with Gasteiger partial charge in [-0.25, -0.2) is 9.67 Å². The molecule has 0 N–H and O–H groups in total. The number of thiazole rings is 1. The number of ether oxygens (including phenoxy) is 1. The van der Waals surface area contributed by atoms with Crippen molar-refractivity contribution in [3.8, 4) is 0 Å². The van der Waals surface area contributed by atoms with Gasteiger partial charge in [0.15, 0.2) is 5.13 Å². The number of anilines is 1. The highest BCUT2D eigenvalue weighted by molar-refractivity contribution is 7.13. The molecule has 7 heteroatoms. The Morgan fingerprint density at radius 1 is 1.45 bits per heavy atom. The molecule has 1 unspecified atom stereocenters. The van der Waals surface area contributed by atoms with Gasteiger partial charge >= 0.3 is 0 Å². The summed E-state index contributed by atoms with van der Waals surface area (Å²) in [5.74, 6) is 0. The van der Waals surface area contributed by atoms with Crippen molar-refractivity contribution in [3.63, 3.8) is 0 Å². The van der Waals surface area contributed by atoms with Crippen molar-refractivity contribution < 1.29 is 4.74 Å². The second-order valence-electron chi connectivity index (χ2n) is 5.74. The largest absolute Gasteiger partial charge is 0.376 e. The number of aromatic nitrogens is 3. The molecular weight excluding hydrogens is 300 g/mol. The maximum absolute atomic E-state index is 12.3. The van der Waals surface area contributed by atoms with Gasteiger partial charge in [-0.2, -0.15) is 5.10 Å². The smallest absolute Gasteiger partial charge is 0.267 e. The van der Waals surface area contributed by atoms with Crippen LogP contribution in [0.2, 0.25) is 0 Å². The summed E-state index contributed by atoms with van der Waals surface area (Å²) in [6.45, 7) is 2.83. The minimum absolute atomic E-state index is 0.0322. The minimum atomic E-state index is -0.0322.